The largest absolute Gasteiger partial charge is 0.465 e. The van der Waals surface area contributed by atoms with Crippen LogP contribution in [0.2, 0.25) is 0 Å². The van der Waals surface area contributed by atoms with Crippen molar-refractivity contribution in [1.82, 2.24) is 24.6 Å². The number of carboxylic acid groups (broad SMARTS) is 1. The van der Waals surface area contributed by atoms with Crippen molar-refractivity contribution < 1.29 is 14.7 Å². The van der Waals surface area contributed by atoms with Gasteiger partial charge in [-0.05, 0) is 26.7 Å². The molecule has 0 saturated carbocycles. The Labute approximate surface area is 174 Å². The van der Waals surface area contributed by atoms with Crippen LogP contribution in [0.5, 0.6) is 0 Å². The fraction of sp³-hybridized carbons (Fsp3) is 0.526. The molecular weight excluding hydrogens is 388 g/mol. The van der Waals surface area contributed by atoms with E-state index in [2.05, 4.69) is 25.7 Å². The van der Waals surface area contributed by atoms with Gasteiger partial charge in [0.1, 0.15) is 11.7 Å². The topological polar surface area (TPSA) is 129 Å². The molecule has 2 aliphatic rings. The Balaban J connectivity index is 1.41. The number of carbonyl (C=O) groups is 2. The second-order valence-corrected chi connectivity index (χ2v) is 7.79. The van der Waals surface area contributed by atoms with E-state index in [4.69, 9.17) is 5.11 Å². The van der Waals surface area contributed by atoms with Gasteiger partial charge in [-0.15, -0.1) is 0 Å². The van der Waals surface area contributed by atoms with E-state index in [1.54, 1.807) is 6.20 Å². The number of aromatic nitrogens is 4. The van der Waals surface area contributed by atoms with Gasteiger partial charge >= 0.3 is 6.09 Å². The average Bonchev–Trinajstić information content (AvgIpc) is 3.21. The van der Waals surface area contributed by atoms with Gasteiger partial charge in [-0.3, -0.25) is 9.48 Å². The zero-order valence-corrected chi connectivity index (χ0v) is 17.3. The molecule has 3 N–H and O–H groups in total. The van der Waals surface area contributed by atoms with Crippen molar-refractivity contribution in [3.63, 3.8) is 0 Å². The van der Waals surface area contributed by atoms with E-state index < -0.39 is 6.09 Å². The van der Waals surface area contributed by atoms with Crippen molar-refractivity contribution in [2.24, 2.45) is 0 Å². The number of rotatable bonds is 4. The number of likely N-dealkylation sites (N-methyl/N-ethyl adjacent to an activating group) is 1. The van der Waals surface area contributed by atoms with E-state index in [1.165, 1.54) is 4.90 Å². The van der Waals surface area contributed by atoms with Crippen molar-refractivity contribution in [3.8, 4) is 0 Å². The van der Waals surface area contributed by atoms with Crippen LogP contribution in [0.1, 0.15) is 37.1 Å². The lowest BCUT2D eigenvalue weighted by Gasteiger charge is -2.32. The summed E-state index contributed by atoms with van der Waals surface area (Å²) in [6.45, 7) is 5.24. The molecule has 1 atom stereocenters. The third-order valence-corrected chi connectivity index (χ3v) is 5.83. The molecule has 11 heteroatoms. The second kappa shape index (κ2) is 7.81. The molecule has 4 rings (SSSR count). The van der Waals surface area contributed by atoms with Gasteiger partial charge in [-0.1, -0.05) is 0 Å². The van der Waals surface area contributed by atoms with E-state index in [0.717, 1.165) is 18.4 Å². The lowest BCUT2D eigenvalue weighted by molar-refractivity contribution is -0.117. The summed E-state index contributed by atoms with van der Waals surface area (Å²) in [5.41, 5.74) is 2.34. The summed E-state index contributed by atoms with van der Waals surface area (Å²) in [6, 6.07) is -0.0965. The van der Waals surface area contributed by atoms with E-state index in [9.17, 15) is 9.59 Å². The van der Waals surface area contributed by atoms with Gasteiger partial charge in [0.25, 0.3) is 0 Å². The lowest BCUT2D eigenvalue weighted by Crippen LogP contribution is -2.44. The van der Waals surface area contributed by atoms with Crippen LogP contribution >= 0.6 is 0 Å². The number of aryl methyl sites for hydroxylation is 1. The van der Waals surface area contributed by atoms with Crippen LogP contribution in [0.3, 0.4) is 0 Å². The highest BCUT2D eigenvalue weighted by Gasteiger charge is 2.30. The van der Waals surface area contributed by atoms with Crippen LogP contribution in [-0.2, 0) is 11.3 Å². The SMILES string of the molecule is Cc1nc(NCc2cnn(C3CCN(C(=O)O)CC3)c2)nc2c1NC(=O)C(C)N2C. The monoisotopic (exact) mass is 414 g/mol. The molecule has 0 radical (unpaired) electrons. The van der Waals surface area contributed by atoms with E-state index in [1.807, 2.05) is 36.7 Å². The smallest absolute Gasteiger partial charge is 0.407 e. The molecular formula is C19H26N8O3. The number of amides is 2. The van der Waals surface area contributed by atoms with Crippen molar-refractivity contribution in [2.75, 3.05) is 35.7 Å². The first-order valence-electron chi connectivity index (χ1n) is 10.0. The maximum Gasteiger partial charge on any atom is 0.407 e. The molecule has 2 aromatic heterocycles. The first kappa shape index (κ1) is 19.9. The van der Waals surface area contributed by atoms with Crippen LogP contribution in [0, 0.1) is 6.92 Å². The minimum Gasteiger partial charge on any atom is -0.465 e. The number of piperidine rings is 1. The van der Waals surface area contributed by atoms with Crippen molar-refractivity contribution in [2.45, 2.75) is 45.3 Å². The number of nitrogens with one attached hydrogen (secondary N) is 2. The van der Waals surface area contributed by atoms with Crippen LogP contribution in [0.15, 0.2) is 12.4 Å². The molecule has 11 nitrogen and oxygen atoms in total. The Kier molecular flexibility index (Phi) is 5.18. The molecule has 1 fully saturated rings. The summed E-state index contributed by atoms with van der Waals surface area (Å²) in [5, 5.41) is 19.6. The molecule has 0 bridgehead atoms. The summed E-state index contributed by atoms with van der Waals surface area (Å²) < 4.78 is 1.92. The maximum atomic E-state index is 12.0. The summed E-state index contributed by atoms with van der Waals surface area (Å²) >= 11 is 0. The van der Waals surface area contributed by atoms with Gasteiger partial charge in [0.2, 0.25) is 11.9 Å². The Hall–Kier alpha value is -3.37. The van der Waals surface area contributed by atoms with Gasteiger partial charge in [-0.2, -0.15) is 10.1 Å². The zero-order chi connectivity index (χ0) is 21.4. The van der Waals surface area contributed by atoms with Gasteiger partial charge in [0.05, 0.1) is 17.9 Å². The molecule has 2 amide bonds. The molecule has 0 spiro atoms. The average molecular weight is 414 g/mol. The molecule has 1 saturated heterocycles. The highest BCUT2D eigenvalue weighted by molar-refractivity contribution is 6.03. The summed E-state index contributed by atoms with van der Waals surface area (Å²) in [6.07, 6.45) is 4.43. The van der Waals surface area contributed by atoms with Gasteiger partial charge < -0.3 is 25.5 Å². The molecule has 1 unspecified atom stereocenters. The number of likely N-dealkylation sites (tertiary alicyclic amines) is 1. The minimum absolute atomic E-state index is 0.0704. The van der Waals surface area contributed by atoms with E-state index in [-0.39, 0.29) is 18.0 Å². The highest BCUT2D eigenvalue weighted by Crippen LogP contribution is 2.32. The first-order chi connectivity index (χ1) is 14.3. The van der Waals surface area contributed by atoms with Crippen LogP contribution in [0.25, 0.3) is 0 Å². The third-order valence-electron chi connectivity index (χ3n) is 5.83. The predicted molar refractivity (Wildman–Crippen MR) is 111 cm³/mol. The first-order valence-corrected chi connectivity index (χ1v) is 10.0. The normalized spacial score (nSPS) is 19.4. The second-order valence-electron chi connectivity index (χ2n) is 7.79. The van der Waals surface area contributed by atoms with E-state index in [0.29, 0.717) is 42.8 Å². The molecule has 2 aromatic rings. The summed E-state index contributed by atoms with van der Waals surface area (Å²) in [7, 11) is 1.85. The minimum atomic E-state index is -0.862. The number of fused-ring (bicyclic) bond motifs is 1. The van der Waals surface area contributed by atoms with Crippen LogP contribution < -0.4 is 15.5 Å². The fourth-order valence-electron chi connectivity index (χ4n) is 3.80. The highest BCUT2D eigenvalue weighted by atomic mass is 16.4. The quantitative estimate of drug-likeness (QED) is 0.689. The fourth-order valence-corrected chi connectivity index (χ4v) is 3.80. The Morgan fingerprint density at radius 2 is 2.07 bits per heavy atom. The number of hydrogen-bond acceptors (Lipinski definition) is 7. The predicted octanol–water partition coefficient (Wildman–Crippen LogP) is 1.69. The maximum absolute atomic E-state index is 12.0. The van der Waals surface area contributed by atoms with Gasteiger partial charge in [0, 0.05) is 38.4 Å². The van der Waals surface area contributed by atoms with Crippen LogP contribution in [0.4, 0.5) is 22.2 Å². The molecule has 30 heavy (non-hydrogen) atoms. The number of anilines is 3. The molecule has 0 aromatic carbocycles. The van der Waals surface area contributed by atoms with Crippen molar-refractivity contribution >= 4 is 29.5 Å². The standard InChI is InChI=1S/C19H26N8O3/c1-11-15-16(25(3)12(2)17(28)23-15)24-18(22-11)20-8-13-9-21-27(10-13)14-4-6-26(7-5-14)19(29)30/h9-10,12,14H,4-8H2,1-3H3,(H,23,28)(H,29,30)(H,20,22,24). The Morgan fingerprint density at radius 1 is 1.33 bits per heavy atom. The lowest BCUT2D eigenvalue weighted by atomic mass is 10.1. The summed E-state index contributed by atoms with van der Waals surface area (Å²) in [4.78, 5) is 35.4. The third kappa shape index (κ3) is 3.74. The van der Waals surface area contributed by atoms with Gasteiger partial charge in [-0.25, -0.2) is 9.78 Å². The van der Waals surface area contributed by atoms with Gasteiger partial charge in [0.15, 0.2) is 5.82 Å². The van der Waals surface area contributed by atoms with Crippen molar-refractivity contribution in [3.05, 3.63) is 23.7 Å². The number of nitrogens with zero attached hydrogens (tertiary/aromatic N) is 6. The Bertz CT molecular complexity index is 967. The molecule has 2 aliphatic heterocycles. The van der Waals surface area contributed by atoms with E-state index >= 15 is 0 Å². The van der Waals surface area contributed by atoms with Crippen molar-refractivity contribution in [1.29, 1.82) is 0 Å². The number of hydrogen-bond donors (Lipinski definition) is 3. The molecule has 160 valence electrons. The molecule has 4 heterocycles. The molecule has 0 aliphatic carbocycles. The zero-order valence-electron chi connectivity index (χ0n) is 17.3. The number of carbonyl (C=O) groups excluding carboxylic acids is 1. The Morgan fingerprint density at radius 3 is 2.77 bits per heavy atom. The van der Waals surface area contributed by atoms with Crippen LogP contribution in [-0.4, -0.2) is 67.9 Å². The summed E-state index contributed by atoms with van der Waals surface area (Å²) in [5.74, 6) is 1.11.